The zero-order valence-corrected chi connectivity index (χ0v) is 15.1. The zero-order valence-electron chi connectivity index (χ0n) is 15.1. The van der Waals surface area contributed by atoms with Crippen molar-refractivity contribution >= 4 is 5.91 Å². The third-order valence-corrected chi connectivity index (χ3v) is 4.84. The van der Waals surface area contributed by atoms with E-state index in [-0.39, 0.29) is 18.6 Å². The Balaban J connectivity index is 1.69. The molecule has 26 heavy (non-hydrogen) atoms. The van der Waals surface area contributed by atoms with E-state index in [9.17, 15) is 4.79 Å². The van der Waals surface area contributed by atoms with E-state index >= 15 is 0 Å². The molecule has 0 fully saturated rings. The lowest BCUT2D eigenvalue weighted by Crippen LogP contribution is -2.36. The first-order valence-corrected chi connectivity index (χ1v) is 8.68. The Morgan fingerprint density at radius 1 is 1.27 bits per heavy atom. The number of amides is 1. The zero-order chi connectivity index (χ0) is 18.5. The van der Waals surface area contributed by atoms with Gasteiger partial charge in [0.2, 0.25) is 0 Å². The van der Waals surface area contributed by atoms with Crippen LogP contribution in [0.15, 0.2) is 42.5 Å². The molecule has 0 N–H and O–H groups in total. The van der Waals surface area contributed by atoms with Crippen LogP contribution in [-0.2, 0) is 11.2 Å². The van der Waals surface area contributed by atoms with Crippen molar-refractivity contribution in [3.05, 3.63) is 59.2 Å². The molecule has 1 amide bonds. The van der Waals surface area contributed by atoms with Crippen molar-refractivity contribution < 1.29 is 14.3 Å². The second kappa shape index (κ2) is 7.92. The quantitative estimate of drug-likeness (QED) is 0.828. The third-order valence-electron chi connectivity index (χ3n) is 4.84. The molecule has 2 aromatic rings. The molecule has 0 radical (unpaired) electrons. The monoisotopic (exact) mass is 350 g/mol. The lowest BCUT2D eigenvalue weighted by molar-refractivity contribution is -0.134. The number of likely N-dealkylation sites (N-methyl/N-ethyl adjacent to an activating group) is 1. The SMILES string of the molecule is COc1cc(C#N)ccc1OCC(=O)N(C)[C@H]1CCCc2ccccc21. The molecule has 3 rings (SSSR count). The van der Waals surface area contributed by atoms with Gasteiger partial charge in [-0.25, -0.2) is 0 Å². The number of rotatable bonds is 5. The van der Waals surface area contributed by atoms with Crippen LogP contribution < -0.4 is 9.47 Å². The standard InChI is InChI=1S/C21H22N2O3/c1-23(18-9-5-7-16-6-3-4-8-17(16)18)21(24)14-26-19-11-10-15(13-22)12-20(19)25-2/h3-4,6,8,10-12,18H,5,7,9,14H2,1-2H3/t18-/m0/s1. The van der Waals surface area contributed by atoms with Crippen LogP contribution in [0.1, 0.15) is 35.6 Å². The van der Waals surface area contributed by atoms with Gasteiger partial charge in [0.25, 0.3) is 5.91 Å². The summed E-state index contributed by atoms with van der Waals surface area (Å²) in [6.07, 6.45) is 3.09. The third kappa shape index (κ3) is 3.65. The lowest BCUT2D eigenvalue weighted by atomic mass is 9.87. The summed E-state index contributed by atoms with van der Waals surface area (Å²) in [7, 11) is 3.34. The fourth-order valence-corrected chi connectivity index (χ4v) is 3.40. The Morgan fingerprint density at radius 3 is 2.85 bits per heavy atom. The van der Waals surface area contributed by atoms with Crippen molar-refractivity contribution in [2.24, 2.45) is 0 Å². The maximum Gasteiger partial charge on any atom is 0.260 e. The first-order valence-electron chi connectivity index (χ1n) is 8.68. The normalized spacial score (nSPS) is 15.5. The highest BCUT2D eigenvalue weighted by Gasteiger charge is 2.26. The minimum atomic E-state index is -0.0851. The summed E-state index contributed by atoms with van der Waals surface area (Å²) in [6, 6.07) is 15.3. The number of carbonyl (C=O) groups is 1. The van der Waals surface area contributed by atoms with E-state index in [2.05, 4.69) is 18.2 Å². The molecule has 1 atom stereocenters. The molecule has 0 spiro atoms. The number of carbonyl (C=O) groups excluding carboxylic acids is 1. The fraction of sp³-hybridized carbons (Fsp3) is 0.333. The number of hydrogen-bond donors (Lipinski definition) is 0. The van der Waals surface area contributed by atoms with Crippen LogP contribution in [0.5, 0.6) is 11.5 Å². The van der Waals surface area contributed by atoms with Gasteiger partial charge in [-0.1, -0.05) is 24.3 Å². The molecule has 0 saturated heterocycles. The number of aryl methyl sites for hydroxylation is 1. The van der Waals surface area contributed by atoms with E-state index in [1.54, 1.807) is 23.1 Å². The summed E-state index contributed by atoms with van der Waals surface area (Å²) >= 11 is 0. The van der Waals surface area contributed by atoms with Gasteiger partial charge in [-0.15, -0.1) is 0 Å². The van der Waals surface area contributed by atoms with Gasteiger partial charge in [0.05, 0.1) is 24.8 Å². The van der Waals surface area contributed by atoms with Crippen molar-refractivity contribution in [2.45, 2.75) is 25.3 Å². The molecule has 0 aliphatic heterocycles. The molecule has 1 aliphatic rings. The van der Waals surface area contributed by atoms with E-state index in [0.717, 1.165) is 19.3 Å². The number of hydrogen-bond acceptors (Lipinski definition) is 4. The molecule has 0 heterocycles. The maximum absolute atomic E-state index is 12.7. The van der Waals surface area contributed by atoms with Crippen LogP contribution in [0.4, 0.5) is 0 Å². The van der Waals surface area contributed by atoms with E-state index in [0.29, 0.717) is 17.1 Å². The Bertz CT molecular complexity index is 841. The number of ether oxygens (including phenoxy) is 2. The van der Waals surface area contributed by atoms with Gasteiger partial charge in [-0.3, -0.25) is 4.79 Å². The molecule has 0 saturated carbocycles. The predicted molar refractivity (Wildman–Crippen MR) is 98.1 cm³/mol. The summed E-state index contributed by atoms with van der Waals surface area (Å²) in [5.74, 6) is 0.818. The summed E-state index contributed by atoms with van der Waals surface area (Å²) in [6.45, 7) is -0.0720. The number of benzene rings is 2. The fourth-order valence-electron chi connectivity index (χ4n) is 3.40. The van der Waals surface area contributed by atoms with Crippen LogP contribution in [0.3, 0.4) is 0 Å². The van der Waals surface area contributed by atoms with Crippen molar-refractivity contribution in [3.8, 4) is 17.6 Å². The van der Waals surface area contributed by atoms with Gasteiger partial charge >= 0.3 is 0 Å². The molecule has 134 valence electrons. The highest BCUT2D eigenvalue weighted by Crippen LogP contribution is 2.34. The Morgan fingerprint density at radius 2 is 2.08 bits per heavy atom. The van der Waals surface area contributed by atoms with Gasteiger partial charge < -0.3 is 14.4 Å². The molecular weight excluding hydrogens is 328 g/mol. The predicted octanol–water partition coefficient (Wildman–Crippen LogP) is 3.48. The highest BCUT2D eigenvalue weighted by molar-refractivity contribution is 5.78. The number of nitriles is 1. The van der Waals surface area contributed by atoms with E-state index < -0.39 is 0 Å². The van der Waals surface area contributed by atoms with Crippen molar-refractivity contribution in [1.29, 1.82) is 5.26 Å². The van der Waals surface area contributed by atoms with Crippen LogP contribution >= 0.6 is 0 Å². The van der Waals surface area contributed by atoms with Gasteiger partial charge in [-0.2, -0.15) is 5.26 Å². The van der Waals surface area contributed by atoms with Gasteiger partial charge in [0, 0.05) is 13.1 Å². The molecule has 1 aliphatic carbocycles. The highest BCUT2D eigenvalue weighted by atomic mass is 16.5. The minimum Gasteiger partial charge on any atom is -0.493 e. The minimum absolute atomic E-state index is 0.0720. The molecule has 5 heteroatoms. The number of nitrogens with zero attached hydrogens (tertiary/aromatic N) is 2. The lowest BCUT2D eigenvalue weighted by Gasteiger charge is -2.33. The Labute approximate surface area is 153 Å². The largest absolute Gasteiger partial charge is 0.493 e. The molecule has 0 bridgehead atoms. The first-order chi connectivity index (χ1) is 12.6. The summed E-state index contributed by atoms with van der Waals surface area (Å²) < 4.78 is 10.9. The molecule has 2 aromatic carbocycles. The van der Waals surface area contributed by atoms with Gasteiger partial charge in [0.1, 0.15) is 0 Å². The van der Waals surface area contributed by atoms with E-state index in [1.807, 2.05) is 19.2 Å². The Kier molecular flexibility index (Phi) is 5.43. The van der Waals surface area contributed by atoms with Crippen molar-refractivity contribution in [1.82, 2.24) is 4.90 Å². The second-order valence-corrected chi connectivity index (χ2v) is 6.38. The van der Waals surface area contributed by atoms with Crippen LogP contribution in [0.25, 0.3) is 0 Å². The first kappa shape index (κ1) is 17.8. The summed E-state index contributed by atoms with van der Waals surface area (Å²) in [4.78, 5) is 14.4. The van der Waals surface area contributed by atoms with Crippen LogP contribution in [-0.4, -0.2) is 31.6 Å². The van der Waals surface area contributed by atoms with Crippen molar-refractivity contribution in [3.63, 3.8) is 0 Å². The molecule has 0 unspecified atom stereocenters. The Hall–Kier alpha value is -3.00. The molecule has 5 nitrogen and oxygen atoms in total. The molecular formula is C21H22N2O3. The maximum atomic E-state index is 12.7. The number of methoxy groups -OCH3 is 1. The summed E-state index contributed by atoms with van der Waals surface area (Å²) in [5.41, 5.74) is 3.03. The van der Waals surface area contributed by atoms with Crippen molar-refractivity contribution in [2.75, 3.05) is 20.8 Å². The second-order valence-electron chi connectivity index (χ2n) is 6.38. The average Bonchev–Trinajstić information content (AvgIpc) is 2.70. The molecule has 0 aromatic heterocycles. The van der Waals surface area contributed by atoms with Gasteiger partial charge in [0.15, 0.2) is 18.1 Å². The summed E-state index contributed by atoms with van der Waals surface area (Å²) in [5, 5.41) is 8.96. The van der Waals surface area contributed by atoms with Gasteiger partial charge in [-0.05, 0) is 42.5 Å². The smallest absolute Gasteiger partial charge is 0.260 e. The van der Waals surface area contributed by atoms with E-state index in [1.165, 1.54) is 18.2 Å². The number of fused-ring (bicyclic) bond motifs is 1. The van der Waals surface area contributed by atoms with Crippen LogP contribution in [0, 0.1) is 11.3 Å². The van der Waals surface area contributed by atoms with Crippen LogP contribution in [0.2, 0.25) is 0 Å². The van der Waals surface area contributed by atoms with E-state index in [4.69, 9.17) is 14.7 Å². The topological polar surface area (TPSA) is 62.6 Å². The average molecular weight is 350 g/mol.